The summed E-state index contributed by atoms with van der Waals surface area (Å²) in [5, 5.41) is 9.25. The Kier molecular flexibility index (Phi) is 3.90. The molecule has 2 aliphatic rings. The summed E-state index contributed by atoms with van der Waals surface area (Å²) in [5.74, 6) is -0.352. The van der Waals surface area contributed by atoms with E-state index in [2.05, 4.69) is 0 Å². The molecule has 7 heteroatoms. The molecule has 1 aromatic heterocycles. The zero-order chi connectivity index (χ0) is 16.7. The van der Waals surface area contributed by atoms with Crippen LogP contribution in [-0.4, -0.2) is 31.8 Å². The number of carboxylic acids is 1. The molecule has 3 heterocycles. The highest BCUT2D eigenvalue weighted by Crippen LogP contribution is 2.46. The Labute approximate surface area is 146 Å². The summed E-state index contributed by atoms with van der Waals surface area (Å²) in [4.78, 5) is 25.4. The van der Waals surface area contributed by atoms with Crippen LogP contribution in [0.15, 0.2) is 63.7 Å². The largest absolute Gasteiger partial charge is 0.477 e. The van der Waals surface area contributed by atoms with E-state index in [0.717, 1.165) is 16.2 Å². The topological polar surface area (TPSA) is 70.7 Å². The molecule has 5 nitrogen and oxygen atoms in total. The van der Waals surface area contributed by atoms with E-state index in [1.165, 1.54) is 4.90 Å². The standard InChI is InChI=1S/C17H13NO4S2/c19-14-9-15-18(14)12(17(20)21)8-16(24-15)23-11-5-3-10(4-6-11)13-2-1-7-22-13/h1-8,15-16H,9H2,(H,20,21)/t15-,16?/m1/s1. The monoisotopic (exact) mass is 359 g/mol. The van der Waals surface area contributed by atoms with Crippen molar-refractivity contribution >= 4 is 35.4 Å². The number of hydrogen-bond donors (Lipinski definition) is 1. The van der Waals surface area contributed by atoms with E-state index in [-0.39, 0.29) is 21.6 Å². The molecule has 1 unspecified atom stereocenters. The fraction of sp³-hybridized carbons (Fsp3) is 0.176. The third kappa shape index (κ3) is 2.74. The molecule has 1 aromatic carbocycles. The van der Waals surface area contributed by atoms with E-state index in [1.54, 1.807) is 35.9 Å². The predicted octanol–water partition coefficient (Wildman–Crippen LogP) is 3.64. The highest BCUT2D eigenvalue weighted by Gasteiger charge is 2.45. The van der Waals surface area contributed by atoms with Crippen molar-refractivity contribution in [3.63, 3.8) is 0 Å². The van der Waals surface area contributed by atoms with Crippen LogP contribution in [0.4, 0.5) is 0 Å². The van der Waals surface area contributed by atoms with E-state index in [1.807, 2.05) is 36.4 Å². The first-order valence-corrected chi connectivity index (χ1v) is 9.17. The number of carboxylic acid groups (broad SMARTS) is 1. The molecular weight excluding hydrogens is 346 g/mol. The Hall–Kier alpha value is -2.12. The van der Waals surface area contributed by atoms with E-state index >= 15 is 0 Å². The minimum Gasteiger partial charge on any atom is -0.477 e. The lowest BCUT2D eigenvalue weighted by molar-refractivity contribution is -0.146. The third-order valence-electron chi connectivity index (χ3n) is 3.88. The number of β-lactam (4-membered cyclic amide) rings is 1. The summed E-state index contributed by atoms with van der Waals surface area (Å²) < 4.78 is 5.34. The first-order chi connectivity index (χ1) is 11.6. The van der Waals surface area contributed by atoms with Crippen molar-refractivity contribution < 1.29 is 19.1 Å². The molecule has 2 aromatic rings. The molecule has 1 saturated heterocycles. The number of carbonyl (C=O) groups excluding carboxylic acids is 1. The van der Waals surface area contributed by atoms with Crippen molar-refractivity contribution in [1.82, 2.24) is 4.90 Å². The average Bonchev–Trinajstić information content (AvgIpc) is 3.08. The van der Waals surface area contributed by atoms with Crippen LogP contribution >= 0.6 is 23.5 Å². The molecule has 0 aliphatic carbocycles. The van der Waals surface area contributed by atoms with Gasteiger partial charge in [0, 0.05) is 10.5 Å². The number of fused-ring (bicyclic) bond motifs is 1. The number of benzene rings is 1. The molecule has 1 amide bonds. The van der Waals surface area contributed by atoms with Crippen LogP contribution in [-0.2, 0) is 9.59 Å². The van der Waals surface area contributed by atoms with Crippen molar-refractivity contribution in [1.29, 1.82) is 0 Å². The molecule has 4 rings (SSSR count). The van der Waals surface area contributed by atoms with Crippen LogP contribution in [0.1, 0.15) is 6.42 Å². The summed E-state index contributed by atoms with van der Waals surface area (Å²) >= 11 is 3.20. The molecule has 24 heavy (non-hydrogen) atoms. The zero-order valence-corrected chi connectivity index (χ0v) is 14.0. The van der Waals surface area contributed by atoms with Gasteiger partial charge in [0.15, 0.2) is 0 Å². The van der Waals surface area contributed by atoms with Crippen LogP contribution in [0.2, 0.25) is 0 Å². The normalized spacial score (nSPS) is 22.6. The minimum absolute atomic E-state index is 0.0279. The van der Waals surface area contributed by atoms with Crippen molar-refractivity contribution in [2.45, 2.75) is 21.3 Å². The number of nitrogens with zero attached hydrogens (tertiary/aromatic N) is 1. The highest BCUT2D eigenvalue weighted by atomic mass is 32.2. The average molecular weight is 359 g/mol. The summed E-state index contributed by atoms with van der Waals surface area (Å²) in [6, 6.07) is 11.7. The number of amides is 1. The summed E-state index contributed by atoms with van der Waals surface area (Å²) in [6.45, 7) is 0. The van der Waals surface area contributed by atoms with Gasteiger partial charge in [0.25, 0.3) is 0 Å². The highest BCUT2D eigenvalue weighted by molar-refractivity contribution is 8.17. The SMILES string of the molecule is O=C(O)C1=CC(Sc2ccc(-c3ccco3)cc2)S[C@@H]2CC(=O)N12. The fourth-order valence-corrected chi connectivity index (χ4v) is 5.51. The first kappa shape index (κ1) is 15.4. The molecule has 2 aliphatic heterocycles. The van der Waals surface area contributed by atoms with Crippen molar-refractivity contribution in [2.75, 3.05) is 0 Å². The van der Waals surface area contributed by atoms with E-state index in [4.69, 9.17) is 4.42 Å². The molecule has 1 fully saturated rings. The molecular formula is C17H13NO4S2. The Bertz CT molecular complexity index is 814. The van der Waals surface area contributed by atoms with Gasteiger partial charge in [-0.15, -0.1) is 23.5 Å². The quantitative estimate of drug-likeness (QED) is 0.841. The van der Waals surface area contributed by atoms with Gasteiger partial charge in [-0.2, -0.15) is 0 Å². The lowest BCUT2D eigenvalue weighted by atomic mass is 10.1. The molecule has 0 spiro atoms. The summed E-state index contributed by atoms with van der Waals surface area (Å²) in [7, 11) is 0. The van der Waals surface area contributed by atoms with Gasteiger partial charge < -0.3 is 9.52 Å². The second kappa shape index (κ2) is 6.07. The van der Waals surface area contributed by atoms with Crippen molar-refractivity contribution in [2.24, 2.45) is 0 Å². The first-order valence-electron chi connectivity index (χ1n) is 7.35. The molecule has 0 radical (unpaired) electrons. The minimum atomic E-state index is -1.05. The fourth-order valence-electron chi connectivity index (χ4n) is 2.70. The van der Waals surface area contributed by atoms with Crippen LogP contribution in [0.5, 0.6) is 0 Å². The van der Waals surface area contributed by atoms with E-state index < -0.39 is 5.97 Å². The predicted molar refractivity (Wildman–Crippen MR) is 92.3 cm³/mol. The molecule has 2 atom stereocenters. The van der Waals surface area contributed by atoms with Gasteiger partial charge in [0.2, 0.25) is 5.91 Å². The second-order valence-corrected chi connectivity index (χ2v) is 8.24. The maximum atomic E-state index is 11.6. The Morgan fingerprint density at radius 1 is 1.29 bits per heavy atom. The lowest BCUT2D eigenvalue weighted by Crippen LogP contribution is -2.53. The number of furan rings is 1. The van der Waals surface area contributed by atoms with Gasteiger partial charge in [-0.05, 0) is 30.3 Å². The van der Waals surface area contributed by atoms with Crippen molar-refractivity contribution in [3.8, 4) is 11.3 Å². The van der Waals surface area contributed by atoms with Gasteiger partial charge in [0.1, 0.15) is 11.5 Å². The van der Waals surface area contributed by atoms with E-state index in [9.17, 15) is 14.7 Å². The molecule has 1 N–H and O–H groups in total. The summed E-state index contributed by atoms with van der Waals surface area (Å²) in [5.41, 5.74) is 1.10. The maximum Gasteiger partial charge on any atom is 0.352 e. The van der Waals surface area contributed by atoms with Gasteiger partial charge >= 0.3 is 5.97 Å². The number of carbonyl (C=O) groups is 2. The van der Waals surface area contributed by atoms with Gasteiger partial charge in [-0.25, -0.2) is 4.79 Å². The maximum absolute atomic E-state index is 11.6. The van der Waals surface area contributed by atoms with Gasteiger partial charge in [0.05, 0.1) is 22.6 Å². The van der Waals surface area contributed by atoms with Gasteiger partial charge in [-0.1, -0.05) is 12.1 Å². The number of aliphatic carboxylic acids is 1. The lowest BCUT2D eigenvalue weighted by Gasteiger charge is -2.44. The van der Waals surface area contributed by atoms with Gasteiger partial charge in [-0.3, -0.25) is 9.69 Å². The zero-order valence-electron chi connectivity index (χ0n) is 12.4. The van der Waals surface area contributed by atoms with Crippen LogP contribution in [0.3, 0.4) is 0 Å². The Morgan fingerprint density at radius 3 is 2.71 bits per heavy atom. The van der Waals surface area contributed by atoms with Crippen LogP contribution in [0.25, 0.3) is 11.3 Å². The van der Waals surface area contributed by atoms with Crippen molar-refractivity contribution in [3.05, 3.63) is 54.4 Å². The molecule has 0 bridgehead atoms. The van der Waals surface area contributed by atoms with E-state index in [0.29, 0.717) is 6.42 Å². The number of rotatable bonds is 4. The Balaban J connectivity index is 1.52. The Morgan fingerprint density at radius 2 is 2.08 bits per heavy atom. The smallest absolute Gasteiger partial charge is 0.352 e. The number of thioether (sulfide) groups is 2. The second-order valence-electron chi connectivity index (χ2n) is 5.40. The van der Waals surface area contributed by atoms with Crippen LogP contribution in [0, 0.1) is 0 Å². The van der Waals surface area contributed by atoms with Crippen LogP contribution < -0.4 is 0 Å². The molecule has 122 valence electrons. The third-order valence-corrected chi connectivity index (χ3v) is 6.51. The molecule has 0 saturated carbocycles. The number of hydrogen-bond acceptors (Lipinski definition) is 5. The summed E-state index contributed by atoms with van der Waals surface area (Å²) in [6.07, 6.45) is 3.70.